The number of para-hydroxylation sites is 2. The molecule has 0 saturated carbocycles. The van der Waals surface area contributed by atoms with Gasteiger partial charge in [0.1, 0.15) is 10.7 Å². The highest BCUT2D eigenvalue weighted by molar-refractivity contribution is 7.87. The minimum Gasteiger partial charge on any atom is -0.490 e. The van der Waals surface area contributed by atoms with Gasteiger partial charge in [0.05, 0.1) is 6.61 Å². The zero-order valence-electron chi connectivity index (χ0n) is 11.0. The van der Waals surface area contributed by atoms with E-state index in [1.807, 2.05) is 0 Å². The van der Waals surface area contributed by atoms with Crippen molar-refractivity contribution in [1.82, 2.24) is 0 Å². The van der Waals surface area contributed by atoms with Crippen molar-refractivity contribution in [3.8, 4) is 11.5 Å². The Bertz CT molecular complexity index is 746. The molecule has 0 aromatic heterocycles. The summed E-state index contributed by atoms with van der Waals surface area (Å²) in [6, 6.07) is 9.49. The lowest BCUT2D eigenvalue weighted by Crippen LogP contribution is -2.12. The lowest BCUT2D eigenvalue weighted by atomic mass is 10.3. The first kappa shape index (κ1) is 15.6. The van der Waals surface area contributed by atoms with E-state index in [0.717, 1.165) is 12.1 Å². The first-order valence-corrected chi connectivity index (χ1v) is 7.84. The molecule has 2 aromatic carbocycles. The molecule has 0 aliphatic rings. The fourth-order valence-corrected chi connectivity index (χ4v) is 2.79. The van der Waals surface area contributed by atoms with Crippen LogP contribution in [-0.2, 0) is 10.1 Å². The first-order chi connectivity index (χ1) is 9.94. The number of ether oxygens (including phenoxy) is 1. The molecule has 7 heteroatoms. The third-order valence-corrected chi connectivity index (χ3v) is 4.02. The van der Waals surface area contributed by atoms with Crippen LogP contribution in [-0.4, -0.2) is 15.0 Å². The van der Waals surface area contributed by atoms with Crippen molar-refractivity contribution in [2.24, 2.45) is 0 Å². The van der Waals surface area contributed by atoms with Crippen molar-refractivity contribution in [1.29, 1.82) is 0 Å². The maximum atomic E-state index is 13.7. The summed E-state index contributed by atoms with van der Waals surface area (Å²) < 4.78 is 48.2. The predicted molar refractivity (Wildman–Crippen MR) is 76.8 cm³/mol. The largest absolute Gasteiger partial charge is 0.490 e. The van der Waals surface area contributed by atoms with Crippen LogP contribution in [0.15, 0.2) is 47.4 Å². The number of halogens is 2. The van der Waals surface area contributed by atoms with Gasteiger partial charge >= 0.3 is 10.1 Å². The summed E-state index contributed by atoms with van der Waals surface area (Å²) in [5.74, 6) is -0.719. The van der Waals surface area contributed by atoms with Crippen molar-refractivity contribution in [3.63, 3.8) is 0 Å². The summed E-state index contributed by atoms with van der Waals surface area (Å²) >= 11 is 5.60. The van der Waals surface area contributed by atoms with E-state index in [2.05, 4.69) is 0 Å². The molecule has 21 heavy (non-hydrogen) atoms. The third-order valence-electron chi connectivity index (χ3n) is 2.51. The van der Waals surface area contributed by atoms with E-state index >= 15 is 0 Å². The van der Waals surface area contributed by atoms with Gasteiger partial charge < -0.3 is 8.92 Å². The molecule has 0 heterocycles. The van der Waals surface area contributed by atoms with Crippen molar-refractivity contribution in [3.05, 3.63) is 53.3 Å². The van der Waals surface area contributed by atoms with E-state index < -0.39 is 20.8 Å². The van der Waals surface area contributed by atoms with Gasteiger partial charge in [0.25, 0.3) is 0 Å². The Morgan fingerprint density at radius 1 is 1.14 bits per heavy atom. The molecule has 0 amide bonds. The summed E-state index contributed by atoms with van der Waals surface area (Å²) in [6.45, 7) is 2.10. The van der Waals surface area contributed by atoms with E-state index in [1.54, 1.807) is 25.1 Å². The minimum atomic E-state index is -4.32. The SMILES string of the molecule is CCOc1ccccc1OS(=O)(=O)c1ccc(Cl)cc1F. The Morgan fingerprint density at radius 2 is 1.81 bits per heavy atom. The highest BCUT2D eigenvalue weighted by Crippen LogP contribution is 2.30. The fraction of sp³-hybridized carbons (Fsp3) is 0.143. The molecule has 112 valence electrons. The van der Waals surface area contributed by atoms with Crippen LogP contribution in [0.1, 0.15) is 6.92 Å². The van der Waals surface area contributed by atoms with Crippen molar-refractivity contribution < 1.29 is 21.7 Å². The maximum Gasteiger partial charge on any atom is 0.342 e. The Kier molecular flexibility index (Phi) is 4.69. The quantitative estimate of drug-likeness (QED) is 0.785. The standard InChI is InChI=1S/C14H12ClFO4S/c1-2-19-12-5-3-4-6-13(12)20-21(17,18)14-8-7-10(15)9-11(14)16/h3-9H,2H2,1H3. The van der Waals surface area contributed by atoms with E-state index in [0.29, 0.717) is 6.61 Å². The van der Waals surface area contributed by atoms with E-state index in [1.165, 1.54) is 12.1 Å². The number of hydrogen-bond donors (Lipinski definition) is 0. The van der Waals surface area contributed by atoms with Crippen LogP contribution < -0.4 is 8.92 Å². The molecule has 4 nitrogen and oxygen atoms in total. The summed E-state index contributed by atoms with van der Waals surface area (Å²) in [7, 11) is -4.32. The summed E-state index contributed by atoms with van der Waals surface area (Å²) in [5, 5.41) is 0.0983. The van der Waals surface area contributed by atoms with Gasteiger partial charge in [-0.25, -0.2) is 4.39 Å². The van der Waals surface area contributed by atoms with Crippen LogP contribution in [0.2, 0.25) is 5.02 Å². The molecule has 0 fully saturated rings. The second kappa shape index (κ2) is 6.32. The van der Waals surface area contributed by atoms with Crippen LogP contribution in [0.25, 0.3) is 0 Å². The Labute approximate surface area is 127 Å². The zero-order chi connectivity index (χ0) is 15.5. The minimum absolute atomic E-state index is 0.00583. The smallest absolute Gasteiger partial charge is 0.342 e. The Hall–Kier alpha value is -1.79. The number of benzene rings is 2. The molecule has 0 atom stereocenters. The second-order valence-electron chi connectivity index (χ2n) is 3.99. The Balaban J connectivity index is 2.38. The first-order valence-electron chi connectivity index (χ1n) is 6.05. The van der Waals surface area contributed by atoms with Gasteiger partial charge in [-0.3, -0.25) is 0 Å². The maximum absolute atomic E-state index is 13.7. The zero-order valence-corrected chi connectivity index (χ0v) is 12.6. The molecule has 0 radical (unpaired) electrons. The molecule has 0 saturated heterocycles. The lowest BCUT2D eigenvalue weighted by Gasteiger charge is -2.12. The number of hydrogen-bond acceptors (Lipinski definition) is 4. The molecule has 0 bridgehead atoms. The lowest BCUT2D eigenvalue weighted by molar-refractivity contribution is 0.327. The van der Waals surface area contributed by atoms with Crippen molar-refractivity contribution in [2.75, 3.05) is 6.61 Å². The van der Waals surface area contributed by atoms with Gasteiger partial charge in [-0.05, 0) is 37.3 Å². The van der Waals surface area contributed by atoms with Gasteiger partial charge in [0, 0.05) is 5.02 Å². The van der Waals surface area contributed by atoms with Crippen LogP contribution in [0.5, 0.6) is 11.5 Å². The fourth-order valence-electron chi connectivity index (χ4n) is 1.63. The number of rotatable bonds is 5. The molecular weight excluding hydrogens is 319 g/mol. The normalized spacial score (nSPS) is 11.2. The van der Waals surface area contributed by atoms with Crippen LogP contribution >= 0.6 is 11.6 Å². The molecule has 0 spiro atoms. The summed E-state index contributed by atoms with van der Waals surface area (Å²) in [5.41, 5.74) is 0. The van der Waals surface area contributed by atoms with E-state index in [4.69, 9.17) is 20.5 Å². The summed E-state index contributed by atoms with van der Waals surface area (Å²) in [4.78, 5) is -0.585. The Morgan fingerprint density at radius 3 is 2.43 bits per heavy atom. The molecule has 0 N–H and O–H groups in total. The highest BCUT2D eigenvalue weighted by atomic mass is 35.5. The van der Waals surface area contributed by atoms with Crippen molar-refractivity contribution in [2.45, 2.75) is 11.8 Å². The predicted octanol–water partition coefficient (Wildman–Crippen LogP) is 3.65. The molecule has 0 aliphatic heterocycles. The van der Waals surface area contributed by atoms with Gasteiger partial charge in [-0.2, -0.15) is 8.42 Å². The average Bonchev–Trinajstić information content (AvgIpc) is 2.40. The summed E-state index contributed by atoms with van der Waals surface area (Å²) in [6.07, 6.45) is 0. The topological polar surface area (TPSA) is 52.6 Å². The van der Waals surface area contributed by atoms with Crippen LogP contribution in [0, 0.1) is 5.82 Å². The van der Waals surface area contributed by atoms with Crippen molar-refractivity contribution >= 4 is 21.7 Å². The monoisotopic (exact) mass is 330 g/mol. The average molecular weight is 331 g/mol. The highest BCUT2D eigenvalue weighted by Gasteiger charge is 2.23. The van der Waals surface area contributed by atoms with Gasteiger partial charge in [-0.15, -0.1) is 0 Å². The molecular formula is C14H12ClFO4S. The van der Waals surface area contributed by atoms with Crippen LogP contribution in [0.4, 0.5) is 4.39 Å². The molecule has 0 unspecified atom stereocenters. The van der Waals surface area contributed by atoms with E-state index in [9.17, 15) is 12.8 Å². The van der Waals surface area contributed by atoms with E-state index in [-0.39, 0.29) is 16.5 Å². The van der Waals surface area contributed by atoms with Gasteiger partial charge in [-0.1, -0.05) is 23.7 Å². The van der Waals surface area contributed by atoms with Gasteiger partial charge in [0.2, 0.25) is 0 Å². The van der Waals surface area contributed by atoms with Gasteiger partial charge in [0.15, 0.2) is 11.5 Å². The molecule has 2 rings (SSSR count). The molecule has 0 aliphatic carbocycles. The van der Waals surface area contributed by atoms with Crippen LogP contribution in [0.3, 0.4) is 0 Å². The third kappa shape index (κ3) is 3.65. The second-order valence-corrected chi connectivity index (χ2v) is 5.94. The molecule has 2 aromatic rings.